The monoisotopic (exact) mass is 284 g/mol. The Labute approximate surface area is 114 Å². The molecular formula is C11H13ClN4OS. The quantitative estimate of drug-likeness (QED) is 0.935. The maximum absolute atomic E-state index is 5.76. The van der Waals surface area contributed by atoms with E-state index >= 15 is 0 Å². The van der Waals surface area contributed by atoms with E-state index in [1.54, 1.807) is 11.3 Å². The van der Waals surface area contributed by atoms with Gasteiger partial charge in [-0.05, 0) is 37.1 Å². The van der Waals surface area contributed by atoms with E-state index in [1.165, 1.54) is 22.4 Å². The second kappa shape index (κ2) is 5.49. The predicted octanol–water partition coefficient (Wildman–Crippen LogP) is 2.82. The fourth-order valence-corrected chi connectivity index (χ4v) is 2.55. The molecule has 0 spiro atoms. The summed E-state index contributed by atoms with van der Waals surface area (Å²) in [6.07, 6.45) is 0. The number of aromatic nitrogens is 3. The minimum atomic E-state index is 0.114. The van der Waals surface area contributed by atoms with Gasteiger partial charge < -0.3 is 10.1 Å². The van der Waals surface area contributed by atoms with Crippen LogP contribution in [0.5, 0.6) is 6.01 Å². The molecule has 96 valence electrons. The van der Waals surface area contributed by atoms with Crippen LogP contribution in [0.4, 0.5) is 5.95 Å². The number of nitrogens with zero attached hydrogens (tertiary/aromatic N) is 3. The van der Waals surface area contributed by atoms with Gasteiger partial charge in [-0.25, -0.2) is 0 Å². The van der Waals surface area contributed by atoms with Crippen molar-refractivity contribution in [3.8, 4) is 6.01 Å². The van der Waals surface area contributed by atoms with E-state index in [9.17, 15) is 0 Å². The summed E-state index contributed by atoms with van der Waals surface area (Å²) in [7, 11) is 1.49. The van der Waals surface area contributed by atoms with Gasteiger partial charge in [0.25, 0.3) is 0 Å². The largest absolute Gasteiger partial charge is 0.467 e. The van der Waals surface area contributed by atoms with Crippen molar-refractivity contribution >= 4 is 28.9 Å². The molecule has 0 fully saturated rings. The predicted molar refractivity (Wildman–Crippen MR) is 72.5 cm³/mol. The lowest BCUT2D eigenvalue weighted by Gasteiger charge is -2.04. The standard InChI is InChI=1S/C11H13ClN4OS/c1-6-4-8(18-7(6)2)5-13-10-14-9(12)15-11(16-10)17-3/h4H,5H2,1-3H3,(H,13,14,15,16). The van der Waals surface area contributed by atoms with Gasteiger partial charge in [0.2, 0.25) is 11.2 Å². The number of methoxy groups -OCH3 is 1. The number of rotatable bonds is 4. The highest BCUT2D eigenvalue weighted by atomic mass is 35.5. The van der Waals surface area contributed by atoms with Crippen molar-refractivity contribution in [2.24, 2.45) is 0 Å². The molecule has 0 aliphatic heterocycles. The minimum Gasteiger partial charge on any atom is -0.467 e. The van der Waals surface area contributed by atoms with Gasteiger partial charge in [0.05, 0.1) is 13.7 Å². The Morgan fingerprint density at radius 2 is 2.11 bits per heavy atom. The molecule has 0 aliphatic carbocycles. The Bertz CT molecular complexity index is 538. The molecule has 2 rings (SSSR count). The molecule has 2 aromatic rings. The summed E-state index contributed by atoms with van der Waals surface area (Å²) >= 11 is 7.51. The summed E-state index contributed by atoms with van der Waals surface area (Å²) in [5.41, 5.74) is 1.29. The summed E-state index contributed by atoms with van der Waals surface area (Å²) in [5.74, 6) is 0.413. The molecule has 0 amide bonds. The SMILES string of the molecule is COc1nc(Cl)nc(NCc2cc(C)c(C)s2)n1. The van der Waals surface area contributed by atoms with Crippen molar-refractivity contribution in [1.29, 1.82) is 0 Å². The van der Waals surface area contributed by atoms with Crippen LogP contribution in [0.15, 0.2) is 6.07 Å². The van der Waals surface area contributed by atoms with E-state index < -0.39 is 0 Å². The zero-order valence-corrected chi connectivity index (χ0v) is 11.9. The zero-order valence-electron chi connectivity index (χ0n) is 10.3. The highest BCUT2D eigenvalue weighted by Gasteiger charge is 2.06. The van der Waals surface area contributed by atoms with Crippen molar-refractivity contribution in [3.63, 3.8) is 0 Å². The van der Waals surface area contributed by atoms with Gasteiger partial charge in [0, 0.05) is 9.75 Å². The Morgan fingerprint density at radius 3 is 2.72 bits per heavy atom. The first-order valence-electron chi connectivity index (χ1n) is 5.34. The molecular weight excluding hydrogens is 272 g/mol. The lowest BCUT2D eigenvalue weighted by molar-refractivity contribution is 0.379. The Morgan fingerprint density at radius 1 is 1.33 bits per heavy atom. The highest BCUT2D eigenvalue weighted by molar-refractivity contribution is 7.12. The van der Waals surface area contributed by atoms with Crippen molar-refractivity contribution in [2.75, 3.05) is 12.4 Å². The van der Waals surface area contributed by atoms with E-state index in [4.69, 9.17) is 16.3 Å². The van der Waals surface area contributed by atoms with Crippen LogP contribution in [0.3, 0.4) is 0 Å². The molecule has 0 saturated heterocycles. The van der Waals surface area contributed by atoms with E-state index in [0.29, 0.717) is 12.5 Å². The van der Waals surface area contributed by atoms with Gasteiger partial charge >= 0.3 is 6.01 Å². The normalized spacial score (nSPS) is 10.4. The van der Waals surface area contributed by atoms with Crippen LogP contribution in [0.25, 0.3) is 0 Å². The molecule has 18 heavy (non-hydrogen) atoms. The van der Waals surface area contributed by atoms with Gasteiger partial charge in [0.15, 0.2) is 0 Å². The van der Waals surface area contributed by atoms with E-state index in [0.717, 1.165) is 0 Å². The maximum Gasteiger partial charge on any atom is 0.322 e. The van der Waals surface area contributed by atoms with Crippen LogP contribution in [-0.2, 0) is 6.54 Å². The number of thiophene rings is 1. The van der Waals surface area contributed by atoms with Crippen molar-refractivity contribution in [3.05, 3.63) is 26.7 Å². The molecule has 0 radical (unpaired) electrons. The Hall–Kier alpha value is -1.40. The van der Waals surface area contributed by atoms with Gasteiger partial charge in [-0.2, -0.15) is 15.0 Å². The van der Waals surface area contributed by atoms with Crippen LogP contribution < -0.4 is 10.1 Å². The fourth-order valence-electron chi connectivity index (χ4n) is 1.41. The minimum absolute atomic E-state index is 0.114. The molecule has 5 nitrogen and oxygen atoms in total. The molecule has 1 N–H and O–H groups in total. The van der Waals surface area contributed by atoms with E-state index in [2.05, 4.69) is 40.2 Å². The number of hydrogen-bond donors (Lipinski definition) is 1. The fraction of sp³-hybridized carbons (Fsp3) is 0.364. The molecule has 0 atom stereocenters. The maximum atomic E-state index is 5.76. The molecule has 0 bridgehead atoms. The smallest absolute Gasteiger partial charge is 0.322 e. The summed E-state index contributed by atoms with van der Waals surface area (Å²) in [5, 5.41) is 3.21. The molecule has 0 unspecified atom stereocenters. The zero-order chi connectivity index (χ0) is 13.1. The number of nitrogens with one attached hydrogen (secondary N) is 1. The molecule has 0 aromatic carbocycles. The van der Waals surface area contributed by atoms with Gasteiger partial charge in [-0.3, -0.25) is 0 Å². The number of aryl methyl sites for hydroxylation is 2. The van der Waals surface area contributed by atoms with Crippen LogP contribution >= 0.6 is 22.9 Å². The summed E-state index contributed by atoms with van der Waals surface area (Å²) in [4.78, 5) is 14.4. The topological polar surface area (TPSA) is 59.9 Å². The number of hydrogen-bond acceptors (Lipinski definition) is 6. The second-order valence-electron chi connectivity index (χ2n) is 3.72. The van der Waals surface area contributed by atoms with Crippen LogP contribution in [0.1, 0.15) is 15.3 Å². The average molecular weight is 285 g/mol. The van der Waals surface area contributed by atoms with Crippen LogP contribution in [-0.4, -0.2) is 22.1 Å². The summed E-state index contributed by atoms with van der Waals surface area (Å²) < 4.78 is 4.93. The van der Waals surface area contributed by atoms with Gasteiger partial charge in [-0.1, -0.05) is 0 Å². The highest BCUT2D eigenvalue weighted by Crippen LogP contribution is 2.21. The first-order valence-corrected chi connectivity index (χ1v) is 6.53. The third-order valence-electron chi connectivity index (χ3n) is 2.41. The van der Waals surface area contributed by atoms with Crippen molar-refractivity contribution in [2.45, 2.75) is 20.4 Å². The molecule has 0 aliphatic rings. The van der Waals surface area contributed by atoms with Gasteiger partial charge in [-0.15, -0.1) is 11.3 Å². The Balaban J connectivity index is 2.07. The number of ether oxygens (including phenoxy) is 1. The third-order valence-corrected chi connectivity index (χ3v) is 3.73. The number of halogens is 1. The van der Waals surface area contributed by atoms with E-state index in [-0.39, 0.29) is 11.3 Å². The first-order chi connectivity index (χ1) is 8.58. The Kier molecular flexibility index (Phi) is 3.98. The van der Waals surface area contributed by atoms with Crippen LogP contribution in [0, 0.1) is 13.8 Å². The molecule has 7 heteroatoms. The summed E-state index contributed by atoms with van der Waals surface area (Å²) in [6.45, 7) is 4.85. The lowest BCUT2D eigenvalue weighted by atomic mass is 10.3. The van der Waals surface area contributed by atoms with E-state index in [1.807, 2.05) is 0 Å². The van der Waals surface area contributed by atoms with Gasteiger partial charge in [0.1, 0.15) is 0 Å². The van der Waals surface area contributed by atoms with Crippen LogP contribution in [0.2, 0.25) is 5.28 Å². The third kappa shape index (κ3) is 3.08. The molecule has 2 heterocycles. The first kappa shape index (κ1) is 13.0. The molecule has 2 aromatic heterocycles. The second-order valence-corrected chi connectivity index (χ2v) is 5.40. The average Bonchev–Trinajstić information content (AvgIpc) is 2.65. The lowest BCUT2D eigenvalue weighted by Crippen LogP contribution is -2.05. The number of anilines is 1. The van der Waals surface area contributed by atoms with Crippen molar-refractivity contribution in [1.82, 2.24) is 15.0 Å². The van der Waals surface area contributed by atoms with Crippen molar-refractivity contribution < 1.29 is 4.74 Å². The molecule has 0 saturated carbocycles. The summed E-state index contributed by atoms with van der Waals surface area (Å²) in [6, 6.07) is 2.35.